The van der Waals surface area contributed by atoms with E-state index in [2.05, 4.69) is 0 Å². The van der Waals surface area contributed by atoms with E-state index >= 15 is 0 Å². The zero-order chi connectivity index (χ0) is 12.2. The maximum atomic E-state index is 11.1. The molecule has 3 N–H and O–H groups in total. The first kappa shape index (κ1) is 13.7. The number of sulfonamides is 1. The maximum absolute atomic E-state index is 11.1. The number of carbonyl (C=O) groups is 1. The zero-order valence-corrected chi connectivity index (χ0v) is 9.68. The minimum Gasteiger partial charge on any atom is -0.305 e. The number of allylic oxidation sites excluding steroid dienone is 3. The third-order valence-electron chi connectivity index (χ3n) is 2.00. The Kier molecular flexibility index (Phi) is 4.57. The fraction of sp³-hybridized carbons (Fsp3) is 0.333. The Hall–Kier alpha value is -1.27. The minimum absolute atomic E-state index is 0.0878. The van der Waals surface area contributed by atoms with Crippen LogP contribution in [-0.2, 0) is 14.8 Å². The van der Waals surface area contributed by atoms with Gasteiger partial charge in [-0.2, -0.15) is 0 Å². The molecule has 0 fully saturated rings. The first-order valence-corrected chi connectivity index (χ1v) is 5.72. The van der Waals surface area contributed by atoms with Crippen LogP contribution in [0.5, 0.6) is 0 Å². The molecule has 0 aliphatic rings. The molecule has 0 atom stereocenters. The minimum atomic E-state index is -3.83. The third kappa shape index (κ3) is 3.41. The summed E-state index contributed by atoms with van der Waals surface area (Å²) in [5.41, 5.74) is 0.473. The zero-order valence-electron chi connectivity index (χ0n) is 8.87. The molecular weight excluding hydrogens is 216 g/mol. The molecule has 15 heavy (non-hydrogen) atoms. The lowest BCUT2D eigenvalue weighted by atomic mass is 10.1. The van der Waals surface area contributed by atoms with Gasteiger partial charge in [0, 0.05) is 5.57 Å². The number of nitrogens with one attached hydrogen (secondary N) is 1. The van der Waals surface area contributed by atoms with Gasteiger partial charge in [-0.15, -0.1) is 0 Å². The van der Waals surface area contributed by atoms with Crippen molar-refractivity contribution < 1.29 is 13.2 Å². The molecule has 0 saturated carbocycles. The SMILES string of the molecule is C/C=C(\C(C)=C(/C)C(=O)C=N)S(N)(=O)=O. The van der Waals surface area contributed by atoms with Crippen molar-refractivity contribution in [2.45, 2.75) is 20.8 Å². The second kappa shape index (κ2) is 4.99. The summed E-state index contributed by atoms with van der Waals surface area (Å²) in [7, 11) is -3.83. The molecule has 0 aliphatic heterocycles. The van der Waals surface area contributed by atoms with Crippen molar-refractivity contribution >= 4 is 22.0 Å². The molecular formula is C9H14N2O3S. The van der Waals surface area contributed by atoms with Gasteiger partial charge < -0.3 is 5.41 Å². The molecule has 0 aromatic rings. The van der Waals surface area contributed by atoms with Crippen LogP contribution in [0.25, 0.3) is 0 Å². The van der Waals surface area contributed by atoms with Gasteiger partial charge in [-0.3, -0.25) is 4.79 Å². The van der Waals surface area contributed by atoms with Crippen LogP contribution in [-0.4, -0.2) is 20.4 Å². The molecule has 0 aromatic heterocycles. The van der Waals surface area contributed by atoms with E-state index in [4.69, 9.17) is 10.5 Å². The van der Waals surface area contributed by atoms with Gasteiger partial charge >= 0.3 is 0 Å². The number of hydrogen-bond acceptors (Lipinski definition) is 4. The summed E-state index contributed by atoms with van der Waals surface area (Å²) in [4.78, 5) is 11.0. The predicted molar refractivity (Wildman–Crippen MR) is 59.0 cm³/mol. The van der Waals surface area contributed by atoms with Gasteiger partial charge in [0.05, 0.1) is 11.1 Å². The van der Waals surface area contributed by atoms with E-state index in [1.807, 2.05) is 0 Å². The van der Waals surface area contributed by atoms with Crippen LogP contribution in [0.2, 0.25) is 0 Å². The molecule has 0 saturated heterocycles. The highest BCUT2D eigenvalue weighted by Gasteiger charge is 2.16. The Morgan fingerprint density at radius 2 is 1.73 bits per heavy atom. The van der Waals surface area contributed by atoms with Gasteiger partial charge in [0.1, 0.15) is 0 Å². The second-order valence-corrected chi connectivity index (χ2v) is 4.49. The number of carbonyl (C=O) groups excluding carboxylic acids is 1. The van der Waals surface area contributed by atoms with E-state index in [-0.39, 0.29) is 16.1 Å². The van der Waals surface area contributed by atoms with Crippen LogP contribution >= 0.6 is 0 Å². The predicted octanol–water partition coefficient (Wildman–Crippen LogP) is 0.734. The van der Waals surface area contributed by atoms with Gasteiger partial charge in [0.25, 0.3) is 0 Å². The smallest absolute Gasteiger partial charge is 0.237 e. The number of Topliss-reactive ketones (excluding diaryl/α,β-unsaturated/α-hetero) is 1. The molecule has 0 spiro atoms. The normalized spacial score (nSPS) is 14.5. The van der Waals surface area contributed by atoms with Crippen LogP contribution in [0.1, 0.15) is 20.8 Å². The molecule has 5 nitrogen and oxygen atoms in total. The van der Waals surface area contributed by atoms with Gasteiger partial charge in [0.2, 0.25) is 10.0 Å². The highest BCUT2D eigenvalue weighted by Crippen LogP contribution is 2.18. The van der Waals surface area contributed by atoms with Gasteiger partial charge in [-0.1, -0.05) is 6.08 Å². The standard InChI is InChI=1S/C9H14N2O3S/c1-4-9(15(11,13)14)7(3)6(2)8(12)5-10/h4-5,10H,1-3H3,(H2,11,13,14)/b7-6+,9-4+,10-5?. The van der Waals surface area contributed by atoms with Crippen LogP contribution in [0.4, 0.5) is 0 Å². The van der Waals surface area contributed by atoms with Gasteiger partial charge in [-0.25, -0.2) is 13.6 Å². The van der Waals surface area contributed by atoms with E-state index in [1.165, 1.54) is 26.8 Å². The summed E-state index contributed by atoms with van der Waals surface area (Å²) in [5, 5.41) is 11.7. The molecule has 84 valence electrons. The maximum Gasteiger partial charge on any atom is 0.237 e. The average Bonchev–Trinajstić information content (AvgIpc) is 2.14. The van der Waals surface area contributed by atoms with Crippen LogP contribution in [0, 0.1) is 5.41 Å². The molecule has 0 radical (unpaired) electrons. The number of ketones is 1. The summed E-state index contributed by atoms with van der Waals surface area (Å²) in [5.74, 6) is -0.532. The van der Waals surface area contributed by atoms with Crippen molar-refractivity contribution in [1.82, 2.24) is 0 Å². The summed E-state index contributed by atoms with van der Waals surface area (Å²) in [6, 6.07) is 0. The third-order valence-corrected chi connectivity index (χ3v) is 3.16. The monoisotopic (exact) mass is 230 g/mol. The van der Waals surface area contributed by atoms with Crippen molar-refractivity contribution in [3.63, 3.8) is 0 Å². The van der Waals surface area contributed by atoms with Gasteiger partial charge in [-0.05, 0) is 26.3 Å². The van der Waals surface area contributed by atoms with Crippen molar-refractivity contribution in [3.8, 4) is 0 Å². The van der Waals surface area contributed by atoms with Crippen molar-refractivity contribution in [2.75, 3.05) is 0 Å². The number of rotatable bonds is 4. The Bertz CT molecular complexity index is 444. The van der Waals surface area contributed by atoms with E-state index in [0.717, 1.165) is 0 Å². The summed E-state index contributed by atoms with van der Waals surface area (Å²) in [6.45, 7) is 4.46. The lowest BCUT2D eigenvalue weighted by Crippen LogP contribution is -2.17. The Morgan fingerprint density at radius 3 is 2.00 bits per heavy atom. The molecule has 0 amide bonds. The van der Waals surface area contributed by atoms with E-state index in [0.29, 0.717) is 6.21 Å². The average molecular weight is 230 g/mol. The molecule has 6 heteroatoms. The van der Waals surface area contributed by atoms with Crippen molar-refractivity contribution in [1.29, 1.82) is 5.41 Å². The lowest BCUT2D eigenvalue weighted by molar-refractivity contribution is -0.109. The fourth-order valence-electron chi connectivity index (χ4n) is 1.07. The number of hydrogen-bond donors (Lipinski definition) is 2. The summed E-state index contributed by atoms with van der Waals surface area (Å²) in [6.07, 6.45) is 1.96. The van der Waals surface area contributed by atoms with E-state index in [9.17, 15) is 13.2 Å². The molecule has 0 rings (SSSR count). The first-order chi connectivity index (χ1) is 6.75. The van der Waals surface area contributed by atoms with Gasteiger partial charge in [0.15, 0.2) is 5.78 Å². The molecule has 0 bridgehead atoms. The topological polar surface area (TPSA) is 101 Å². The Labute approximate surface area is 89.2 Å². The number of primary sulfonamides is 1. The first-order valence-electron chi connectivity index (χ1n) is 4.17. The summed E-state index contributed by atoms with van der Waals surface area (Å²) < 4.78 is 22.3. The molecule has 0 aliphatic carbocycles. The fourth-order valence-corrected chi connectivity index (χ4v) is 1.98. The highest BCUT2D eigenvalue weighted by molar-refractivity contribution is 7.93. The van der Waals surface area contributed by atoms with Crippen molar-refractivity contribution in [2.24, 2.45) is 5.14 Å². The second-order valence-electron chi connectivity index (χ2n) is 2.96. The van der Waals surface area contributed by atoms with Crippen LogP contribution < -0.4 is 5.14 Å². The molecule has 0 unspecified atom stereocenters. The Balaban J connectivity index is 5.61. The Morgan fingerprint density at radius 1 is 1.27 bits per heavy atom. The largest absolute Gasteiger partial charge is 0.305 e. The van der Waals surface area contributed by atoms with Crippen LogP contribution in [0.15, 0.2) is 22.1 Å². The quantitative estimate of drug-likeness (QED) is 0.423. The number of nitrogens with two attached hydrogens (primary N) is 1. The summed E-state index contributed by atoms with van der Waals surface area (Å²) >= 11 is 0. The van der Waals surface area contributed by atoms with E-state index < -0.39 is 15.8 Å². The van der Waals surface area contributed by atoms with E-state index in [1.54, 1.807) is 0 Å². The van der Waals surface area contributed by atoms with Crippen molar-refractivity contribution in [3.05, 3.63) is 22.1 Å². The molecule has 0 heterocycles. The highest BCUT2D eigenvalue weighted by atomic mass is 32.2. The lowest BCUT2D eigenvalue weighted by Gasteiger charge is -2.07. The van der Waals surface area contributed by atoms with Crippen LogP contribution in [0.3, 0.4) is 0 Å². The molecule has 0 aromatic carbocycles.